The van der Waals surface area contributed by atoms with Crippen molar-refractivity contribution in [2.45, 2.75) is 18.6 Å². The van der Waals surface area contributed by atoms with E-state index in [1.807, 2.05) is 0 Å². The van der Waals surface area contributed by atoms with Crippen molar-refractivity contribution in [3.63, 3.8) is 0 Å². The summed E-state index contributed by atoms with van der Waals surface area (Å²) in [5.74, 6) is -5.71. The molecule has 0 fully saturated rings. The van der Waals surface area contributed by atoms with Crippen molar-refractivity contribution in [1.82, 2.24) is 5.32 Å². The molecule has 0 saturated carbocycles. The van der Waals surface area contributed by atoms with Crippen molar-refractivity contribution in [1.29, 1.82) is 0 Å². The van der Waals surface area contributed by atoms with Crippen LogP contribution in [0.4, 0.5) is 30.7 Å². The highest BCUT2D eigenvalue weighted by Crippen LogP contribution is 2.48. The van der Waals surface area contributed by atoms with Crippen LogP contribution in [0.5, 0.6) is 0 Å². The predicted molar refractivity (Wildman–Crippen MR) is 60.2 cm³/mol. The number of allylic oxidation sites excluding steroid dienone is 2. The molecule has 0 aromatic carbocycles. The average Bonchev–Trinajstić information content (AvgIpc) is 2.37. The zero-order valence-corrected chi connectivity index (χ0v) is 10.8. The summed E-state index contributed by atoms with van der Waals surface area (Å²) in [6, 6.07) is 0. The lowest BCUT2D eigenvalue weighted by Gasteiger charge is -2.43. The van der Waals surface area contributed by atoms with Crippen LogP contribution in [0.1, 0.15) is 6.92 Å². The number of carbonyl (C=O) groups is 1. The maximum absolute atomic E-state index is 13.5. The molecule has 0 bridgehead atoms. The Bertz CT molecular complexity index is 482. The Morgan fingerprint density at radius 2 is 1.86 bits per heavy atom. The maximum atomic E-state index is 13.5. The fraction of sp³-hybridized carbons (Fsp3) is 0.583. The van der Waals surface area contributed by atoms with Gasteiger partial charge in [-0.2, -0.15) is 13.2 Å². The van der Waals surface area contributed by atoms with Gasteiger partial charge in [-0.25, -0.2) is 17.6 Å². The number of hydrogen-bond donors (Lipinski definition) is 1. The van der Waals surface area contributed by atoms with Gasteiger partial charge < -0.3 is 5.32 Å². The molecule has 1 rings (SSSR count). The molecule has 0 aromatic heterocycles. The van der Waals surface area contributed by atoms with Gasteiger partial charge >= 0.3 is 6.18 Å². The van der Waals surface area contributed by atoms with Crippen molar-refractivity contribution in [3.8, 4) is 0 Å². The number of rotatable bonds is 4. The molecule has 1 aliphatic carbocycles. The molecule has 0 aliphatic heterocycles. The van der Waals surface area contributed by atoms with Gasteiger partial charge in [-0.15, -0.1) is 0 Å². The van der Waals surface area contributed by atoms with Gasteiger partial charge in [0.1, 0.15) is 37.3 Å². The molecule has 1 aliphatic rings. The van der Waals surface area contributed by atoms with E-state index in [0.29, 0.717) is 6.08 Å². The zero-order chi connectivity index (χ0) is 16.4. The van der Waals surface area contributed by atoms with Gasteiger partial charge in [0.05, 0.1) is 0 Å². The van der Waals surface area contributed by atoms with Crippen LogP contribution in [0.25, 0.3) is 0 Å². The van der Waals surface area contributed by atoms with Crippen LogP contribution in [0.3, 0.4) is 0 Å². The number of alkyl halides is 6. The molecule has 0 radical (unpaired) electrons. The molecule has 21 heavy (non-hydrogen) atoms. The third kappa shape index (κ3) is 3.06. The average molecular weight is 319 g/mol. The summed E-state index contributed by atoms with van der Waals surface area (Å²) in [6.07, 6.45) is -4.98. The fourth-order valence-corrected chi connectivity index (χ4v) is 2.43. The monoisotopic (exact) mass is 319 g/mol. The molecule has 0 saturated heterocycles. The minimum absolute atomic E-state index is 0.298. The molecule has 1 N–H and O–H groups in total. The van der Waals surface area contributed by atoms with Crippen LogP contribution >= 0.6 is 0 Å². The number of carbonyl (C=O) groups excluding carboxylic acids is 1. The minimum atomic E-state index is -5.28. The quantitative estimate of drug-likeness (QED) is 0.793. The van der Waals surface area contributed by atoms with E-state index in [1.165, 1.54) is 0 Å². The predicted octanol–water partition coefficient (Wildman–Crippen LogP) is 3.11. The minimum Gasteiger partial charge on any atom is -0.343 e. The molecule has 120 valence electrons. The van der Waals surface area contributed by atoms with Gasteiger partial charge in [-0.3, -0.25) is 4.79 Å². The van der Waals surface area contributed by atoms with Crippen LogP contribution in [0, 0.1) is 5.92 Å². The largest absolute Gasteiger partial charge is 0.398 e. The maximum Gasteiger partial charge on any atom is 0.398 e. The molecule has 2 atom stereocenters. The highest BCUT2D eigenvalue weighted by Gasteiger charge is 2.60. The Labute approximate surface area is 115 Å². The Kier molecular flexibility index (Phi) is 5.06. The van der Waals surface area contributed by atoms with Gasteiger partial charge in [0.25, 0.3) is 0 Å². The number of hydrogen-bond acceptors (Lipinski definition) is 1. The van der Waals surface area contributed by atoms with E-state index in [1.54, 1.807) is 5.32 Å². The van der Waals surface area contributed by atoms with E-state index >= 15 is 0 Å². The van der Waals surface area contributed by atoms with Crippen LogP contribution in [0.2, 0.25) is 0 Å². The summed E-state index contributed by atoms with van der Waals surface area (Å²) in [5, 5.41) is 1.68. The topological polar surface area (TPSA) is 29.1 Å². The number of amides is 1. The Balaban J connectivity index is 3.61. The van der Waals surface area contributed by atoms with Crippen molar-refractivity contribution in [2.75, 3.05) is 20.0 Å². The third-order valence-electron chi connectivity index (χ3n) is 3.25. The van der Waals surface area contributed by atoms with E-state index in [0.717, 1.165) is 6.92 Å². The smallest absolute Gasteiger partial charge is 0.343 e. The molecule has 0 heterocycles. The van der Waals surface area contributed by atoms with Gasteiger partial charge in [-0.05, 0) is 11.6 Å². The SMILES string of the molecule is CC(=O)NC1(CF)C(CF)=CC(F)=C(CF)C1C(F)(F)F. The zero-order valence-electron chi connectivity index (χ0n) is 10.8. The molecule has 2 unspecified atom stereocenters. The normalized spacial score (nSPS) is 26.7. The van der Waals surface area contributed by atoms with Gasteiger partial charge in [0.15, 0.2) is 0 Å². The molecule has 1 amide bonds. The first-order valence-electron chi connectivity index (χ1n) is 5.77. The summed E-state index contributed by atoms with van der Waals surface area (Å²) < 4.78 is 92.1. The third-order valence-corrected chi connectivity index (χ3v) is 3.25. The van der Waals surface area contributed by atoms with Crippen molar-refractivity contribution in [3.05, 3.63) is 23.0 Å². The van der Waals surface area contributed by atoms with Crippen LogP contribution < -0.4 is 5.32 Å². The van der Waals surface area contributed by atoms with Gasteiger partial charge in [0, 0.05) is 12.5 Å². The number of nitrogens with one attached hydrogen (secondary N) is 1. The van der Waals surface area contributed by atoms with Gasteiger partial charge in [0.2, 0.25) is 5.91 Å². The van der Waals surface area contributed by atoms with Crippen molar-refractivity contribution >= 4 is 5.91 Å². The standard InChI is InChI=1S/C12H12F7NO/c1-6(21)20-11(5-15)7(3-13)2-9(16)8(4-14)10(11)12(17,18)19/h2,10H,3-5H2,1H3,(H,20,21). The second-order valence-corrected chi connectivity index (χ2v) is 4.57. The summed E-state index contributed by atoms with van der Waals surface area (Å²) in [4.78, 5) is 11.1. The Hall–Kier alpha value is -1.54. The van der Waals surface area contributed by atoms with Crippen molar-refractivity contribution in [2.24, 2.45) is 5.92 Å². The summed E-state index contributed by atoms with van der Waals surface area (Å²) >= 11 is 0. The summed E-state index contributed by atoms with van der Waals surface area (Å²) in [6.45, 7) is -4.52. The highest BCUT2D eigenvalue weighted by molar-refractivity contribution is 5.75. The molecule has 2 nitrogen and oxygen atoms in total. The first-order valence-corrected chi connectivity index (χ1v) is 5.77. The van der Waals surface area contributed by atoms with Crippen LogP contribution in [-0.2, 0) is 4.79 Å². The summed E-state index contributed by atoms with van der Waals surface area (Å²) in [7, 11) is 0. The fourth-order valence-electron chi connectivity index (χ4n) is 2.43. The Morgan fingerprint density at radius 1 is 1.29 bits per heavy atom. The molecular formula is C12H12F7NO. The lowest BCUT2D eigenvalue weighted by atomic mass is 9.71. The number of halogens is 7. The van der Waals surface area contributed by atoms with Crippen LogP contribution in [0.15, 0.2) is 23.0 Å². The molecule has 0 aromatic rings. The second kappa shape index (κ2) is 6.07. The van der Waals surface area contributed by atoms with E-state index in [2.05, 4.69) is 0 Å². The first kappa shape index (κ1) is 17.5. The molecule has 0 spiro atoms. The van der Waals surface area contributed by atoms with Gasteiger partial charge in [-0.1, -0.05) is 0 Å². The van der Waals surface area contributed by atoms with E-state index in [9.17, 15) is 35.5 Å². The molecular weight excluding hydrogens is 307 g/mol. The van der Waals surface area contributed by atoms with E-state index in [4.69, 9.17) is 0 Å². The highest BCUT2D eigenvalue weighted by atomic mass is 19.4. The van der Waals surface area contributed by atoms with Crippen LogP contribution in [-0.4, -0.2) is 37.6 Å². The van der Waals surface area contributed by atoms with E-state index in [-0.39, 0.29) is 0 Å². The second-order valence-electron chi connectivity index (χ2n) is 4.57. The molecule has 9 heteroatoms. The first-order chi connectivity index (χ1) is 9.63. The lowest BCUT2D eigenvalue weighted by Crippen LogP contribution is -2.62. The summed E-state index contributed by atoms with van der Waals surface area (Å²) in [5.41, 5.74) is -5.18. The Morgan fingerprint density at radius 3 is 2.19 bits per heavy atom. The van der Waals surface area contributed by atoms with Crippen molar-refractivity contribution < 1.29 is 35.5 Å². The van der Waals surface area contributed by atoms with E-state index < -0.39 is 60.5 Å². The lowest BCUT2D eigenvalue weighted by molar-refractivity contribution is -0.185.